The van der Waals surface area contributed by atoms with Crippen LogP contribution in [0.5, 0.6) is 0 Å². The Morgan fingerprint density at radius 3 is 2.46 bits per heavy atom. The zero-order valence-corrected chi connectivity index (χ0v) is 13.1. The summed E-state index contributed by atoms with van der Waals surface area (Å²) in [4.78, 5) is 24.0. The number of amides is 1. The summed E-state index contributed by atoms with van der Waals surface area (Å²) in [6.07, 6.45) is 0.798. The molecule has 2 aromatic carbocycles. The molecule has 0 unspecified atom stereocenters. The highest BCUT2D eigenvalue weighted by molar-refractivity contribution is 5.97. The number of hydrogen-bond acceptors (Lipinski definition) is 3. The van der Waals surface area contributed by atoms with Crippen LogP contribution in [0.1, 0.15) is 22.3 Å². The minimum atomic E-state index is -1.25. The lowest BCUT2D eigenvalue weighted by atomic mass is 10.0. The zero-order chi connectivity index (χ0) is 17.5. The van der Waals surface area contributed by atoms with E-state index in [1.165, 1.54) is 13.2 Å². The van der Waals surface area contributed by atoms with Crippen molar-refractivity contribution in [1.29, 1.82) is 0 Å². The number of carbonyl (C=O) groups is 2. The first-order valence-electron chi connectivity index (χ1n) is 7.39. The van der Waals surface area contributed by atoms with Crippen LogP contribution in [-0.4, -0.2) is 25.0 Å². The van der Waals surface area contributed by atoms with Crippen LogP contribution in [-0.2, 0) is 16.0 Å². The van der Waals surface area contributed by atoms with Gasteiger partial charge in [-0.3, -0.25) is 4.79 Å². The topological polar surface area (TPSA) is 55.4 Å². The van der Waals surface area contributed by atoms with Crippen molar-refractivity contribution in [2.45, 2.75) is 18.9 Å². The van der Waals surface area contributed by atoms with Gasteiger partial charge in [-0.25, -0.2) is 13.6 Å². The largest absolute Gasteiger partial charge is 0.467 e. The van der Waals surface area contributed by atoms with Crippen LogP contribution in [0.3, 0.4) is 0 Å². The highest BCUT2D eigenvalue weighted by Crippen LogP contribution is 2.12. The van der Waals surface area contributed by atoms with Crippen molar-refractivity contribution in [3.8, 4) is 0 Å². The van der Waals surface area contributed by atoms with Gasteiger partial charge < -0.3 is 10.1 Å². The van der Waals surface area contributed by atoms with Gasteiger partial charge in [0.05, 0.1) is 12.7 Å². The number of aryl methyl sites for hydroxylation is 1. The Morgan fingerprint density at radius 1 is 1.08 bits per heavy atom. The van der Waals surface area contributed by atoms with Gasteiger partial charge in [0.15, 0.2) is 11.6 Å². The highest BCUT2D eigenvalue weighted by atomic mass is 19.2. The maximum absolute atomic E-state index is 13.7. The smallest absolute Gasteiger partial charge is 0.328 e. The third kappa shape index (κ3) is 4.38. The summed E-state index contributed by atoms with van der Waals surface area (Å²) >= 11 is 0. The van der Waals surface area contributed by atoms with Gasteiger partial charge >= 0.3 is 5.97 Å². The van der Waals surface area contributed by atoms with E-state index in [1.54, 1.807) is 0 Å². The minimum Gasteiger partial charge on any atom is -0.467 e. The van der Waals surface area contributed by atoms with Crippen LogP contribution in [0, 0.1) is 11.6 Å². The van der Waals surface area contributed by atoms with Gasteiger partial charge in [-0.15, -0.1) is 0 Å². The second-order valence-corrected chi connectivity index (χ2v) is 5.17. The standard InChI is InChI=1S/C18H17F2NO3/c1-24-18(23)15(11-10-12-6-3-2-4-7-12)21-17(22)13-8-5-9-14(19)16(13)20/h2-9,15H,10-11H2,1H3,(H,21,22)/t15-/m1/s1. The number of nitrogens with one attached hydrogen (secondary N) is 1. The van der Waals surface area contributed by atoms with E-state index >= 15 is 0 Å². The van der Waals surface area contributed by atoms with Crippen molar-refractivity contribution in [3.63, 3.8) is 0 Å². The molecule has 0 aliphatic rings. The van der Waals surface area contributed by atoms with Crippen molar-refractivity contribution in [2.24, 2.45) is 0 Å². The summed E-state index contributed by atoms with van der Waals surface area (Å²) in [5.74, 6) is -3.88. The fourth-order valence-corrected chi connectivity index (χ4v) is 2.26. The Hall–Kier alpha value is -2.76. The molecule has 0 bridgehead atoms. The number of hydrogen-bond donors (Lipinski definition) is 1. The molecule has 1 atom stereocenters. The lowest BCUT2D eigenvalue weighted by molar-refractivity contribution is -0.143. The molecule has 6 heteroatoms. The first-order chi connectivity index (χ1) is 11.5. The number of carbonyl (C=O) groups excluding carboxylic acids is 2. The van der Waals surface area contributed by atoms with E-state index in [0.29, 0.717) is 6.42 Å². The number of esters is 1. The number of halogens is 2. The average molecular weight is 333 g/mol. The fourth-order valence-electron chi connectivity index (χ4n) is 2.26. The lowest BCUT2D eigenvalue weighted by Crippen LogP contribution is -2.42. The van der Waals surface area contributed by atoms with E-state index in [2.05, 4.69) is 10.1 Å². The molecule has 1 N–H and O–H groups in total. The number of benzene rings is 2. The zero-order valence-electron chi connectivity index (χ0n) is 13.1. The molecule has 0 radical (unpaired) electrons. The molecule has 0 aliphatic heterocycles. The molecule has 0 heterocycles. The van der Waals surface area contributed by atoms with Gasteiger partial charge in [-0.1, -0.05) is 36.4 Å². The van der Waals surface area contributed by atoms with Crippen molar-refractivity contribution in [1.82, 2.24) is 5.32 Å². The molecule has 126 valence electrons. The van der Waals surface area contributed by atoms with Crippen LogP contribution in [0.4, 0.5) is 8.78 Å². The Labute approximate surface area is 138 Å². The molecule has 0 aromatic heterocycles. The summed E-state index contributed by atoms with van der Waals surface area (Å²) in [5, 5.41) is 2.40. The summed E-state index contributed by atoms with van der Waals surface area (Å²) in [6, 6.07) is 11.7. The Bertz CT molecular complexity index is 719. The summed E-state index contributed by atoms with van der Waals surface area (Å²) < 4.78 is 31.6. The molecule has 0 aliphatic carbocycles. The molecule has 0 fully saturated rings. The van der Waals surface area contributed by atoms with Gasteiger partial charge in [0.2, 0.25) is 0 Å². The predicted octanol–water partition coefficient (Wildman–Crippen LogP) is 2.87. The van der Waals surface area contributed by atoms with E-state index in [0.717, 1.165) is 17.7 Å². The van der Waals surface area contributed by atoms with E-state index < -0.39 is 35.1 Å². The summed E-state index contributed by atoms with van der Waals surface area (Å²) in [7, 11) is 1.20. The second kappa shape index (κ2) is 8.19. The van der Waals surface area contributed by atoms with Crippen LogP contribution in [0.25, 0.3) is 0 Å². The minimum absolute atomic E-state index is 0.277. The molecular weight excluding hydrogens is 316 g/mol. The van der Waals surface area contributed by atoms with E-state index in [4.69, 9.17) is 0 Å². The molecule has 0 spiro atoms. The van der Waals surface area contributed by atoms with E-state index in [9.17, 15) is 18.4 Å². The monoisotopic (exact) mass is 333 g/mol. The third-order valence-electron chi connectivity index (χ3n) is 3.55. The van der Waals surface area contributed by atoms with Gasteiger partial charge in [-0.2, -0.15) is 0 Å². The Kier molecular flexibility index (Phi) is 6.01. The maximum atomic E-state index is 13.7. The molecule has 0 saturated heterocycles. The molecular formula is C18H17F2NO3. The van der Waals surface area contributed by atoms with E-state index in [1.807, 2.05) is 30.3 Å². The van der Waals surface area contributed by atoms with Gasteiger partial charge in [0, 0.05) is 0 Å². The molecule has 2 rings (SSSR count). The predicted molar refractivity (Wildman–Crippen MR) is 84.4 cm³/mol. The number of rotatable bonds is 6. The highest BCUT2D eigenvalue weighted by Gasteiger charge is 2.24. The van der Waals surface area contributed by atoms with Crippen molar-refractivity contribution in [2.75, 3.05) is 7.11 Å². The second-order valence-electron chi connectivity index (χ2n) is 5.17. The fraction of sp³-hybridized carbons (Fsp3) is 0.222. The Morgan fingerprint density at radius 2 is 1.79 bits per heavy atom. The summed E-state index contributed by atoms with van der Waals surface area (Å²) in [6.45, 7) is 0. The van der Waals surface area contributed by atoms with Crippen molar-refractivity contribution < 1.29 is 23.1 Å². The lowest BCUT2D eigenvalue weighted by Gasteiger charge is -2.17. The maximum Gasteiger partial charge on any atom is 0.328 e. The summed E-state index contributed by atoms with van der Waals surface area (Å²) in [5.41, 5.74) is 0.529. The molecule has 0 saturated carbocycles. The molecule has 4 nitrogen and oxygen atoms in total. The van der Waals surface area contributed by atoms with Gasteiger partial charge in [0.25, 0.3) is 5.91 Å². The number of methoxy groups -OCH3 is 1. The van der Waals surface area contributed by atoms with Crippen molar-refractivity contribution in [3.05, 3.63) is 71.3 Å². The molecule has 1 amide bonds. The Balaban J connectivity index is 2.09. The van der Waals surface area contributed by atoms with E-state index in [-0.39, 0.29) is 6.42 Å². The van der Waals surface area contributed by atoms with Crippen LogP contribution in [0.15, 0.2) is 48.5 Å². The average Bonchev–Trinajstić information content (AvgIpc) is 2.61. The third-order valence-corrected chi connectivity index (χ3v) is 3.55. The molecule has 24 heavy (non-hydrogen) atoms. The number of ether oxygens (including phenoxy) is 1. The van der Waals surface area contributed by atoms with Crippen molar-refractivity contribution >= 4 is 11.9 Å². The normalized spacial score (nSPS) is 11.6. The molecule has 2 aromatic rings. The van der Waals surface area contributed by atoms with Gasteiger partial charge in [0.1, 0.15) is 6.04 Å². The first kappa shape index (κ1) is 17.6. The van der Waals surface area contributed by atoms with Gasteiger partial charge in [-0.05, 0) is 30.5 Å². The first-order valence-corrected chi connectivity index (χ1v) is 7.39. The SMILES string of the molecule is COC(=O)[C@@H](CCc1ccccc1)NC(=O)c1cccc(F)c1F. The van der Waals surface area contributed by atoms with Crippen LogP contribution >= 0.6 is 0 Å². The van der Waals surface area contributed by atoms with Crippen LogP contribution < -0.4 is 5.32 Å². The van der Waals surface area contributed by atoms with Crippen LogP contribution in [0.2, 0.25) is 0 Å². The quantitative estimate of drug-likeness (QED) is 0.827.